The topological polar surface area (TPSA) is 63.8 Å². The van der Waals surface area contributed by atoms with E-state index in [0.717, 1.165) is 12.4 Å². The minimum atomic E-state index is 0.474. The molecule has 4 nitrogen and oxygen atoms in total. The fraction of sp³-hybridized carbons (Fsp3) is 0.167. The molecule has 0 saturated heterocycles. The Balaban J connectivity index is 1.99. The van der Waals surface area contributed by atoms with Crippen LogP contribution in [0.3, 0.4) is 0 Å². The van der Waals surface area contributed by atoms with Gasteiger partial charge in [0.05, 0.1) is 0 Å². The maximum atomic E-state index is 5.56. The molecule has 0 aliphatic carbocycles. The maximum Gasteiger partial charge on any atom is 0.131 e. The predicted octanol–water partition coefficient (Wildman–Crippen LogP) is 1.98. The van der Waals surface area contributed by atoms with E-state index in [4.69, 9.17) is 5.73 Å². The molecule has 0 aliphatic rings. The molecule has 1 heterocycles. The summed E-state index contributed by atoms with van der Waals surface area (Å²) in [6.45, 7) is 2.80. The van der Waals surface area contributed by atoms with Gasteiger partial charge in [0.25, 0.3) is 0 Å². The fourth-order valence-electron chi connectivity index (χ4n) is 1.37. The van der Waals surface area contributed by atoms with Crippen molar-refractivity contribution >= 4 is 11.6 Å². The number of anilines is 2. The summed E-state index contributed by atoms with van der Waals surface area (Å²) in [5, 5.41) is 3.19. The molecule has 4 heteroatoms. The first-order valence-electron chi connectivity index (χ1n) is 5.11. The van der Waals surface area contributed by atoms with E-state index in [1.165, 1.54) is 17.5 Å². The van der Waals surface area contributed by atoms with Crippen LogP contribution in [-0.2, 0) is 6.54 Å². The van der Waals surface area contributed by atoms with Crippen LogP contribution < -0.4 is 11.1 Å². The number of aromatic nitrogens is 2. The highest BCUT2D eigenvalue weighted by Gasteiger charge is 1.96. The second kappa shape index (κ2) is 4.61. The second-order valence-electron chi connectivity index (χ2n) is 3.67. The summed E-state index contributed by atoms with van der Waals surface area (Å²) in [6.07, 6.45) is 1.45. The molecule has 2 rings (SSSR count). The summed E-state index contributed by atoms with van der Waals surface area (Å²) in [6, 6.07) is 10.1. The van der Waals surface area contributed by atoms with Crippen LogP contribution in [0.1, 0.15) is 11.1 Å². The van der Waals surface area contributed by atoms with Crippen LogP contribution in [0.5, 0.6) is 0 Å². The van der Waals surface area contributed by atoms with E-state index in [9.17, 15) is 0 Å². The Kier molecular flexibility index (Phi) is 3.00. The van der Waals surface area contributed by atoms with Crippen LogP contribution in [-0.4, -0.2) is 9.97 Å². The van der Waals surface area contributed by atoms with Gasteiger partial charge in [-0.25, -0.2) is 9.97 Å². The third kappa shape index (κ3) is 2.70. The Labute approximate surface area is 94.5 Å². The molecule has 0 aliphatic heterocycles. The highest BCUT2D eigenvalue weighted by molar-refractivity contribution is 5.43. The van der Waals surface area contributed by atoms with E-state index in [1.807, 2.05) is 0 Å². The first kappa shape index (κ1) is 10.4. The van der Waals surface area contributed by atoms with Gasteiger partial charge < -0.3 is 11.1 Å². The lowest BCUT2D eigenvalue weighted by atomic mass is 10.1. The van der Waals surface area contributed by atoms with Gasteiger partial charge in [-0.05, 0) is 12.5 Å². The standard InChI is InChI=1S/C12H14N4/c1-9-2-4-10(5-3-9)7-14-12-6-11(13)15-8-16-12/h2-6,8H,7H2,1H3,(H3,13,14,15,16). The predicted molar refractivity (Wildman–Crippen MR) is 65.0 cm³/mol. The molecule has 0 spiro atoms. The molecule has 0 bridgehead atoms. The smallest absolute Gasteiger partial charge is 0.131 e. The Bertz CT molecular complexity index is 465. The Hall–Kier alpha value is -2.10. The lowest BCUT2D eigenvalue weighted by Crippen LogP contribution is -2.02. The van der Waals surface area contributed by atoms with Crippen molar-refractivity contribution in [3.05, 3.63) is 47.8 Å². The van der Waals surface area contributed by atoms with Gasteiger partial charge in [0, 0.05) is 12.6 Å². The first-order chi connectivity index (χ1) is 7.74. The van der Waals surface area contributed by atoms with Crippen molar-refractivity contribution in [2.24, 2.45) is 0 Å². The number of rotatable bonds is 3. The molecule has 1 aromatic carbocycles. The summed E-state index contributed by atoms with van der Waals surface area (Å²) >= 11 is 0. The van der Waals surface area contributed by atoms with E-state index in [1.54, 1.807) is 6.07 Å². The average Bonchev–Trinajstić information content (AvgIpc) is 2.28. The lowest BCUT2D eigenvalue weighted by Gasteiger charge is -2.05. The van der Waals surface area contributed by atoms with Crippen molar-refractivity contribution in [3.8, 4) is 0 Å². The van der Waals surface area contributed by atoms with Crippen molar-refractivity contribution in [2.45, 2.75) is 13.5 Å². The van der Waals surface area contributed by atoms with Gasteiger partial charge in [0.15, 0.2) is 0 Å². The van der Waals surface area contributed by atoms with Gasteiger partial charge in [-0.1, -0.05) is 29.8 Å². The van der Waals surface area contributed by atoms with Crippen molar-refractivity contribution < 1.29 is 0 Å². The molecule has 16 heavy (non-hydrogen) atoms. The zero-order valence-corrected chi connectivity index (χ0v) is 9.14. The number of nitrogens with two attached hydrogens (primary N) is 1. The highest BCUT2D eigenvalue weighted by Crippen LogP contribution is 2.08. The van der Waals surface area contributed by atoms with Gasteiger partial charge >= 0.3 is 0 Å². The molecular formula is C12H14N4. The molecule has 0 saturated carbocycles. The van der Waals surface area contributed by atoms with Crippen LogP contribution >= 0.6 is 0 Å². The molecule has 0 atom stereocenters. The third-order valence-electron chi connectivity index (χ3n) is 2.28. The monoisotopic (exact) mass is 214 g/mol. The average molecular weight is 214 g/mol. The van der Waals surface area contributed by atoms with Gasteiger partial charge in [-0.3, -0.25) is 0 Å². The molecule has 0 amide bonds. The minimum Gasteiger partial charge on any atom is -0.384 e. The van der Waals surface area contributed by atoms with E-state index in [2.05, 4.69) is 46.5 Å². The summed E-state index contributed by atoms with van der Waals surface area (Å²) in [7, 11) is 0. The lowest BCUT2D eigenvalue weighted by molar-refractivity contribution is 1.08. The zero-order valence-electron chi connectivity index (χ0n) is 9.14. The van der Waals surface area contributed by atoms with Gasteiger partial charge in [-0.2, -0.15) is 0 Å². The molecule has 3 N–H and O–H groups in total. The molecule has 2 aromatic rings. The van der Waals surface area contributed by atoms with Gasteiger partial charge in [0.2, 0.25) is 0 Å². The summed E-state index contributed by atoms with van der Waals surface area (Å²) in [4.78, 5) is 7.90. The molecule has 0 unspecified atom stereocenters. The van der Waals surface area contributed by atoms with E-state index in [0.29, 0.717) is 5.82 Å². The SMILES string of the molecule is Cc1ccc(CNc2cc(N)ncn2)cc1. The van der Waals surface area contributed by atoms with Crippen LogP contribution in [0.2, 0.25) is 0 Å². The van der Waals surface area contributed by atoms with E-state index in [-0.39, 0.29) is 0 Å². The largest absolute Gasteiger partial charge is 0.384 e. The molecule has 1 aromatic heterocycles. The summed E-state index contributed by atoms with van der Waals surface area (Å²) in [5.74, 6) is 1.22. The number of nitrogen functional groups attached to an aromatic ring is 1. The number of nitrogens with zero attached hydrogens (tertiary/aromatic N) is 2. The quantitative estimate of drug-likeness (QED) is 0.820. The Morgan fingerprint density at radius 1 is 1.19 bits per heavy atom. The number of benzene rings is 1. The molecular weight excluding hydrogens is 200 g/mol. The zero-order chi connectivity index (χ0) is 11.4. The van der Waals surface area contributed by atoms with Crippen molar-refractivity contribution in [1.29, 1.82) is 0 Å². The Morgan fingerprint density at radius 2 is 1.94 bits per heavy atom. The fourth-order valence-corrected chi connectivity index (χ4v) is 1.37. The van der Waals surface area contributed by atoms with Gasteiger partial charge in [-0.15, -0.1) is 0 Å². The maximum absolute atomic E-state index is 5.56. The minimum absolute atomic E-state index is 0.474. The number of aryl methyl sites for hydroxylation is 1. The normalized spacial score (nSPS) is 10.1. The van der Waals surface area contributed by atoms with Crippen molar-refractivity contribution in [2.75, 3.05) is 11.1 Å². The summed E-state index contributed by atoms with van der Waals surface area (Å²) < 4.78 is 0. The number of hydrogen-bond acceptors (Lipinski definition) is 4. The Morgan fingerprint density at radius 3 is 2.62 bits per heavy atom. The second-order valence-corrected chi connectivity index (χ2v) is 3.67. The molecule has 0 radical (unpaired) electrons. The molecule has 82 valence electrons. The first-order valence-corrected chi connectivity index (χ1v) is 5.11. The van der Waals surface area contributed by atoms with Gasteiger partial charge in [0.1, 0.15) is 18.0 Å². The van der Waals surface area contributed by atoms with Crippen LogP contribution in [0.15, 0.2) is 36.7 Å². The molecule has 0 fully saturated rings. The highest BCUT2D eigenvalue weighted by atomic mass is 15.0. The van der Waals surface area contributed by atoms with Crippen molar-refractivity contribution in [3.63, 3.8) is 0 Å². The van der Waals surface area contributed by atoms with Crippen LogP contribution in [0.25, 0.3) is 0 Å². The number of hydrogen-bond donors (Lipinski definition) is 2. The summed E-state index contributed by atoms with van der Waals surface area (Å²) in [5.41, 5.74) is 8.03. The third-order valence-corrected chi connectivity index (χ3v) is 2.28. The number of nitrogens with one attached hydrogen (secondary N) is 1. The van der Waals surface area contributed by atoms with E-state index >= 15 is 0 Å². The van der Waals surface area contributed by atoms with Crippen LogP contribution in [0.4, 0.5) is 11.6 Å². The van der Waals surface area contributed by atoms with Crippen LogP contribution in [0, 0.1) is 6.92 Å². The van der Waals surface area contributed by atoms with Crippen molar-refractivity contribution in [1.82, 2.24) is 9.97 Å². The van der Waals surface area contributed by atoms with E-state index < -0.39 is 0 Å².